The Labute approximate surface area is 286 Å². The van der Waals surface area contributed by atoms with Crippen LogP contribution in [0.2, 0.25) is 0 Å². The SMILES string of the molecule is O=C1CCCCCC(N([Si](c2ccccc2)(c2ccccc2)c2ccccc2)[Si](c2ccccc2)(c2ccccc2)c2ccccc2)O1. The van der Waals surface area contributed by atoms with Crippen LogP contribution in [-0.2, 0) is 9.53 Å². The standard InChI is InChI=1S/C43H41NO2Si2/c45-43-35-21-7-20-34-42(46-43)44(47(36-22-8-1-9-23-36,37-24-10-2-11-25-37)38-26-12-3-13-27-38)48(39-28-14-4-15-29-39,40-30-16-5-17-31-40)41-32-18-6-19-33-41/h1-6,8-19,22-33,42H,7,20-21,34-35H2. The molecule has 1 saturated heterocycles. The van der Waals surface area contributed by atoms with Gasteiger partial charge in [-0.15, -0.1) is 0 Å². The van der Waals surface area contributed by atoms with Gasteiger partial charge >= 0.3 is 5.97 Å². The molecule has 0 N–H and O–H groups in total. The van der Waals surface area contributed by atoms with Gasteiger partial charge in [-0.25, -0.2) is 0 Å². The number of esters is 1. The van der Waals surface area contributed by atoms with E-state index in [9.17, 15) is 4.79 Å². The third-order valence-electron chi connectivity index (χ3n) is 9.76. The highest BCUT2D eigenvalue weighted by molar-refractivity contribution is 7.22. The first-order valence-electron chi connectivity index (χ1n) is 17.1. The number of hydrogen-bond donors (Lipinski definition) is 0. The summed E-state index contributed by atoms with van der Waals surface area (Å²) in [6.07, 6.45) is 3.60. The van der Waals surface area contributed by atoms with Gasteiger partial charge in [0, 0.05) is 6.42 Å². The number of benzene rings is 6. The predicted molar refractivity (Wildman–Crippen MR) is 203 cm³/mol. The van der Waals surface area contributed by atoms with Gasteiger partial charge in [-0.2, -0.15) is 0 Å². The summed E-state index contributed by atoms with van der Waals surface area (Å²) in [5, 5.41) is 7.58. The molecule has 0 saturated carbocycles. The number of carbonyl (C=O) groups is 1. The quantitative estimate of drug-likeness (QED) is 0.117. The van der Waals surface area contributed by atoms with E-state index in [2.05, 4.69) is 186 Å². The Balaban J connectivity index is 1.73. The van der Waals surface area contributed by atoms with Gasteiger partial charge in [0.1, 0.15) is 6.23 Å². The zero-order valence-corrected chi connectivity index (χ0v) is 29.2. The van der Waals surface area contributed by atoms with Crippen molar-refractivity contribution in [3.8, 4) is 0 Å². The number of cyclic esters (lactones) is 1. The van der Waals surface area contributed by atoms with E-state index < -0.39 is 22.7 Å². The second-order valence-electron chi connectivity index (χ2n) is 12.5. The minimum atomic E-state index is -3.28. The molecular weight excluding hydrogens is 619 g/mol. The number of carbonyl (C=O) groups excluding carboxylic acids is 1. The summed E-state index contributed by atoms with van der Waals surface area (Å²) in [5.41, 5.74) is 0. The van der Waals surface area contributed by atoms with E-state index in [1.807, 2.05) is 0 Å². The second kappa shape index (κ2) is 14.5. The Hall–Kier alpha value is -4.82. The molecule has 1 aliphatic heterocycles. The molecule has 1 fully saturated rings. The molecule has 0 bridgehead atoms. The summed E-state index contributed by atoms with van der Waals surface area (Å²) < 4.78 is 9.69. The van der Waals surface area contributed by atoms with E-state index in [1.54, 1.807) is 0 Å². The Bertz CT molecular complexity index is 1570. The maximum absolute atomic E-state index is 13.8. The highest BCUT2D eigenvalue weighted by Gasteiger charge is 2.60. The molecule has 6 aromatic carbocycles. The summed E-state index contributed by atoms with van der Waals surface area (Å²) in [7, 11) is -6.55. The van der Waals surface area contributed by atoms with Crippen molar-refractivity contribution in [2.75, 3.05) is 0 Å². The lowest BCUT2D eigenvalue weighted by molar-refractivity contribution is -0.154. The lowest BCUT2D eigenvalue weighted by atomic mass is 10.1. The normalized spacial score (nSPS) is 15.7. The van der Waals surface area contributed by atoms with Crippen LogP contribution in [0, 0.1) is 0 Å². The van der Waals surface area contributed by atoms with Crippen molar-refractivity contribution in [2.24, 2.45) is 0 Å². The fourth-order valence-electron chi connectivity index (χ4n) is 7.81. The van der Waals surface area contributed by atoms with Gasteiger partial charge in [0.2, 0.25) is 16.5 Å². The van der Waals surface area contributed by atoms with Crippen LogP contribution in [0.4, 0.5) is 0 Å². The molecule has 3 nitrogen and oxygen atoms in total. The Morgan fingerprint density at radius 1 is 0.417 bits per heavy atom. The molecule has 1 unspecified atom stereocenters. The molecule has 48 heavy (non-hydrogen) atoms. The molecule has 1 atom stereocenters. The molecule has 5 heteroatoms. The van der Waals surface area contributed by atoms with Gasteiger partial charge < -0.3 is 4.74 Å². The lowest BCUT2D eigenvalue weighted by Gasteiger charge is -2.56. The van der Waals surface area contributed by atoms with Crippen molar-refractivity contribution in [3.63, 3.8) is 0 Å². The van der Waals surface area contributed by atoms with Gasteiger partial charge in [0.15, 0.2) is 0 Å². The first kappa shape index (κ1) is 31.8. The fourth-order valence-corrected chi connectivity index (χ4v) is 21.1. The Morgan fingerprint density at radius 3 is 1.00 bits per heavy atom. The van der Waals surface area contributed by atoms with Gasteiger partial charge in [0.25, 0.3) is 0 Å². The van der Waals surface area contributed by atoms with Crippen molar-refractivity contribution >= 4 is 53.6 Å². The summed E-state index contributed by atoms with van der Waals surface area (Å²) in [5.74, 6) is -0.112. The molecule has 0 spiro atoms. The largest absolute Gasteiger partial charge is 0.448 e. The zero-order chi connectivity index (χ0) is 32.7. The molecule has 0 amide bonds. The van der Waals surface area contributed by atoms with Crippen molar-refractivity contribution in [1.29, 1.82) is 0 Å². The summed E-state index contributed by atoms with van der Waals surface area (Å²) in [6.45, 7) is 0. The van der Waals surface area contributed by atoms with E-state index in [-0.39, 0.29) is 5.97 Å². The number of nitrogens with zero attached hydrogens (tertiary/aromatic N) is 1. The van der Waals surface area contributed by atoms with Gasteiger partial charge in [-0.1, -0.05) is 188 Å². The predicted octanol–water partition coefficient (Wildman–Crippen LogP) is 5.46. The van der Waals surface area contributed by atoms with Crippen molar-refractivity contribution in [1.82, 2.24) is 4.23 Å². The average molecular weight is 660 g/mol. The molecule has 0 aliphatic carbocycles. The highest BCUT2D eigenvalue weighted by atomic mass is 28.4. The summed E-state index contributed by atoms with van der Waals surface area (Å²) in [6, 6.07) is 66.4. The van der Waals surface area contributed by atoms with E-state index in [0.29, 0.717) is 6.42 Å². The first-order valence-corrected chi connectivity index (χ1v) is 21.0. The minimum absolute atomic E-state index is 0.112. The van der Waals surface area contributed by atoms with Gasteiger partial charge in [-0.3, -0.25) is 9.03 Å². The number of hydrogen-bond acceptors (Lipinski definition) is 3. The smallest absolute Gasteiger partial charge is 0.307 e. The molecule has 6 aromatic rings. The fraction of sp³-hybridized carbons (Fsp3) is 0.140. The van der Waals surface area contributed by atoms with Crippen LogP contribution in [0.3, 0.4) is 0 Å². The third-order valence-corrected chi connectivity index (χ3v) is 20.8. The van der Waals surface area contributed by atoms with Gasteiger partial charge in [-0.05, 0) is 50.4 Å². The van der Waals surface area contributed by atoms with Crippen LogP contribution in [-0.4, -0.2) is 32.9 Å². The second-order valence-corrected chi connectivity index (χ2v) is 20.2. The van der Waals surface area contributed by atoms with E-state index in [0.717, 1.165) is 25.7 Å². The molecular formula is C43H41NO2Si2. The maximum atomic E-state index is 13.8. The number of ether oxygens (including phenoxy) is 1. The van der Waals surface area contributed by atoms with Crippen LogP contribution >= 0.6 is 0 Å². The first-order chi connectivity index (χ1) is 23.8. The van der Waals surface area contributed by atoms with Crippen LogP contribution in [0.5, 0.6) is 0 Å². The van der Waals surface area contributed by atoms with E-state index in [1.165, 1.54) is 31.1 Å². The summed E-state index contributed by atoms with van der Waals surface area (Å²) >= 11 is 0. The van der Waals surface area contributed by atoms with Crippen LogP contribution < -0.4 is 31.1 Å². The van der Waals surface area contributed by atoms with E-state index >= 15 is 0 Å². The van der Waals surface area contributed by atoms with Crippen LogP contribution in [0.15, 0.2) is 182 Å². The van der Waals surface area contributed by atoms with Crippen molar-refractivity contribution in [2.45, 2.75) is 38.3 Å². The maximum Gasteiger partial charge on any atom is 0.307 e. The Morgan fingerprint density at radius 2 is 0.708 bits per heavy atom. The monoisotopic (exact) mass is 659 g/mol. The molecule has 7 rings (SSSR count). The van der Waals surface area contributed by atoms with E-state index in [4.69, 9.17) is 4.74 Å². The third kappa shape index (κ3) is 5.79. The molecule has 1 heterocycles. The van der Waals surface area contributed by atoms with Crippen molar-refractivity contribution in [3.05, 3.63) is 182 Å². The van der Waals surface area contributed by atoms with Crippen LogP contribution in [0.25, 0.3) is 0 Å². The number of rotatable bonds is 9. The molecule has 238 valence electrons. The Kier molecular flexibility index (Phi) is 9.61. The van der Waals surface area contributed by atoms with Gasteiger partial charge in [0.05, 0.1) is 0 Å². The zero-order valence-electron chi connectivity index (χ0n) is 27.2. The molecule has 0 aromatic heterocycles. The summed E-state index contributed by atoms with van der Waals surface area (Å²) in [4.78, 5) is 13.8. The molecule has 1 aliphatic rings. The van der Waals surface area contributed by atoms with Crippen molar-refractivity contribution < 1.29 is 9.53 Å². The van der Waals surface area contributed by atoms with Crippen LogP contribution in [0.1, 0.15) is 32.1 Å². The highest BCUT2D eigenvalue weighted by Crippen LogP contribution is 2.30. The minimum Gasteiger partial charge on any atom is -0.448 e. The topological polar surface area (TPSA) is 29.5 Å². The average Bonchev–Trinajstić information content (AvgIpc) is 3.16. The molecule has 0 radical (unpaired) electrons. The lowest BCUT2D eigenvalue weighted by Crippen LogP contribution is -2.92.